The van der Waals surface area contributed by atoms with E-state index in [4.69, 9.17) is 0 Å². The first-order chi connectivity index (χ1) is 14.2. The minimum Gasteiger partial charge on any atom is -0.478 e. The highest BCUT2D eigenvalue weighted by molar-refractivity contribution is 7.89. The Balaban J connectivity index is 1.68. The van der Waals surface area contributed by atoms with E-state index in [9.17, 15) is 27.1 Å². The monoisotopic (exact) mass is 452 g/mol. The SMILES string of the molecule is CCc1ccc(S(=O)(=O)NCCc2csc(-c3ccc(F)cc3F)n2)cc1C(=O)O. The summed E-state index contributed by atoms with van der Waals surface area (Å²) in [5.74, 6) is -2.59. The van der Waals surface area contributed by atoms with Gasteiger partial charge in [0.2, 0.25) is 10.0 Å². The second-order valence-electron chi connectivity index (χ2n) is 6.39. The highest BCUT2D eigenvalue weighted by Gasteiger charge is 2.18. The first-order valence-corrected chi connectivity index (χ1v) is 11.3. The molecule has 1 heterocycles. The highest BCUT2D eigenvalue weighted by atomic mass is 32.2. The Labute approximate surface area is 176 Å². The Morgan fingerprint density at radius 1 is 1.20 bits per heavy atom. The average Bonchev–Trinajstić information content (AvgIpc) is 3.15. The topological polar surface area (TPSA) is 96.4 Å². The van der Waals surface area contributed by atoms with E-state index in [1.807, 2.05) is 0 Å². The van der Waals surface area contributed by atoms with Crippen LogP contribution in [-0.4, -0.2) is 31.0 Å². The fraction of sp³-hybridized carbons (Fsp3) is 0.200. The van der Waals surface area contributed by atoms with Crippen LogP contribution < -0.4 is 4.72 Å². The normalized spacial score (nSPS) is 11.6. The number of hydrogen-bond donors (Lipinski definition) is 2. The molecule has 0 aliphatic rings. The van der Waals surface area contributed by atoms with E-state index in [1.54, 1.807) is 12.3 Å². The number of thiazole rings is 1. The summed E-state index contributed by atoms with van der Waals surface area (Å²) in [5.41, 5.74) is 1.22. The Hall–Kier alpha value is -2.69. The van der Waals surface area contributed by atoms with Crippen molar-refractivity contribution in [3.05, 3.63) is 70.2 Å². The number of aromatic carboxylic acids is 1. The van der Waals surface area contributed by atoms with Crippen LogP contribution in [0.25, 0.3) is 10.6 Å². The smallest absolute Gasteiger partial charge is 0.336 e. The van der Waals surface area contributed by atoms with E-state index in [0.717, 1.165) is 18.2 Å². The number of carboxylic acids is 1. The number of halogens is 2. The fourth-order valence-corrected chi connectivity index (χ4v) is 4.77. The molecule has 0 aliphatic carbocycles. The van der Waals surface area contributed by atoms with Crippen molar-refractivity contribution in [2.45, 2.75) is 24.7 Å². The molecule has 0 radical (unpaired) electrons. The summed E-state index contributed by atoms with van der Waals surface area (Å²) in [4.78, 5) is 15.5. The Morgan fingerprint density at radius 3 is 2.63 bits per heavy atom. The van der Waals surface area contributed by atoms with Gasteiger partial charge >= 0.3 is 5.97 Å². The molecule has 3 rings (SSSR count). The second-order valence-corrected chi connectivity index (χ2v) is 9.02. The third kappa shape index (κ3) is 4.89. The zero-order valence-electron chi connectivity index (χ0n) is 15.9. The molecule has 0 aliphatic heterocycles. The van der Waals surface area contributed by atoms with Crippen LogP contribution >= 0.6 is 11.3 Å². The van der Waals surface area contributed by atoms with Crippen molar-refractivity contribution < 1.29 is 27.1 Å². The van der Waals surface area contributed by atoms with Gasteiger partial charge in [0.1, 0.15) is 16.6 Å². The third-order valence-electron chi connectivity index (χ3n) is 4.39. The molecular formula is C20H18F2N2O4S2. The zero-order valence-corrected chi connectivity index (χ0v) is 17.5. The lowest BCUT2D eigenvalue weighted by atomic mass is 10.1. The summed E-state index contributed by atoms with van der Waals surface area (Å²) < 4.78 is 54.3. The number of sulfonamides is 1. The predicted molar refractivity (Wildman–Crippen MR) is 109 cm³/mol. The minimum absolute atomic E-state index is 0.0232. The summed E-state index contributed by atoms with van der Waals surface area (Å²) >= 11 is 1.17. The predicted octanol–water partition coefficient (Wildman–Crippen LogP) is 3.87. The van der Waals surface area contributed by atoms with Crippen molar-refractivity contribution >= 4 is 27.3 Å². The summed E-state index contributed by atoms with van der Waals surface area (Å²) in [7, 11) is -3.91. The fourth-order valence-electron chi connectivity index (χ4n) is 2.84. The van der Waals surface area contributed by atoms with Crippen LogP contribution in [-0.2, 0) is 22.9 Å². The number of aryl methyl sites for hydroxylation is 1. The molecule has 30 heavy (non-hydrogen) atoms. The van der Waals surface area contributed by atoms with Crippen molar-refractivity contribution in [3.8, 4) is 10.6 Å². The minimum atomic E-state index is -3.91. The Kier molecular flexibility index (Phi) is 6.59. The molecule has 0 unspecified atom stereocenters. The van der Waals surface area contributed by atoms with Crippen LogP contribution in [0.4, 0.5) is 8.78 Å². The van der Waals surface area contributed by atoms with Crippen molar-refractivity contribution in [2.75, 3.05) is 6.54 Å². The van der Waals surface area contributed by atoms with E-state index in [1.165, 1.54) is 29.5 Å². The largest absolute Gasteiger partial charge is 0.478 e. The summed E-state index contributed by atoms with van der Waals surface area (Å²) in [6.45, 7) is 1.81. The van der Waals surface area contributed by atoms with Gasteiger partial charge in [-0.2, -0.15) is 0 Å². The maximum absolute atomic E-state index is 13.9. The van der Waals surface area contributed by atoms with Gasteiger partial charge in [0.25, 0.3) is 0 Å². The van der Waals surface area contributed by atoms with Gasteiger partial charge in [-0.05, 0) is 36.2 Å². The number of carboxylic acid groups (broad SMARTS) is 1. The van der Waals surface area contributed by atoms with Crippen LogP contribution in [0.3, 0.4) is 0 Å². The van der Waals surface area contributed by atoms with Gasteiger partial charge < -0.3 is 5.11 Å². The molecule has 0 saturated heterocycles. The molecule has 0 amide bonds. The van der Waals surface area contributed by atoms with Crippen LogP contribution in [0, 0.1) is 11.6 Å². The highest BCUT2D eigenvalue weighted by Crippen LogP contribution is 2.27. The average molecular weight is 453 g/mol. The van der Waals surface area contributed by atoms with Crippen LogP contribution in [0.15, 0.2) is 46.7 Å². The summed E-state index contributed by atoms with van der Waals surface area (Å²) in [5, 5.41) is 11.3. The number of nitrogens with zero attached hydrogens (tertiary/aromatic N) is 1. The quantitative estimate of drug-likeness (QED) is 0.541. The maximum atomic E-state index is 13.9. The van der Waals surface area contributed by atoms with E-state index in [-0.39, 0.29) is 29.0 Å². The second kappa shape index (κ2) is 8.99. The molecular weight excluding hydrogens is 434 g/mol. The van der Waals surface area contributed by atoms with Crippen LogP contribution in [0.2, 0.25) is 0 Å². The number of benzene rings is 2. The lowest BCUT2D eigenvalue weighted by molar-refractivity contribution is 0.0695. The van der Waals surface area contributed by atoms with Gasteiger partial charge in [0.05, 0.1) is 16.2 Å². The van der Waals surface area contributed by atoms with Gasteiger partial charge in [0, 0.05) is 30.0 Å². The van der Waals surface area contributed by atoms with Gasteiger partial charge in [0.15, 0.2) is 0 Å². The van der Waals surface area contributed by atoms with E-state index in [0.29, 0.717) is 22.7 Å². The Bertz CT molecular complexity index is 1190. The van der Waals surface area contributed by atoms with E-state index < -0.39 is 27.6 Å². The van der Waals surface area contributed by atoms with Gasteiger partial charge in [-0.15, -0.1) is 11.3 Å². The Morgan fingerprint density at radius 2 is 1.97 bits per heavy atom. The van der Waals surface area contributed by atoms with Crippen molar-refractivity contribution in [2.24, 2.45) is 0 Å². The van der Waals surface area contributed by atoms with Gasteiger partial charge in [-0.3, -0.25) is 0 Å². The van der Waals surface area contributed by atoms with Gasteiger partial charge in [-0.25, -0.2) is 31.7 Å². The molecule has 2 aromatic carbocycles. The van der Waals surface area contributed by atoms with Crippen molar-refractivity contribution in [1.82, 2.24) is 9.71 Å². The lowest BCUT2D eigenvalue weighted by Gasteiger charge is -2.09. The molecule has 0 bridgehead atoms. The number of hydrogen-bond acceptors (Lipinski definition) is 5. The molecule has 3 aromatic rings. The molecule has 10 heteroatoms. The number of rotatable bonds is 8. The number of aromatic nitrogens is 1. The number of carbonyl (C=O) groups is 1. The molecule has 0 saturated carbocycles. The van der Waals surface area contributed by atoms with Crippen LogP contribution in [0.5, 0.6) is 0 Å². The standard InChI is InChI=1S/C20H18F2N2O4S2/c1-2-12-3-5-15(10-17(12)20(25)26)30(27,28)23-8-7-14-11-29-19(24-14)16-6-4-13(21)9-18(16)22/h3-6,9-11,23H,2,7-8H2,1H3,(H,25,26). The lowest BCUT2D eigenvalue weighted by Crippen LogP contribution is -2.26. The van der Waals surface area contributed by atoms with E-state index >= 15 is 0 Å². The first kappa shape index (κ1) is 22.0. The van der Waals surface area contributed by atoms with E-state index in [2.05, 4.69) is 9.71 Å². The molecule has 158 valence electrons. The molecule has 0 fully saturated rings. The summed E-state index contributed by atoms with van der Waals surface area (Å²) in [6, 6.07) is 7.22. The van der Waals surface area contributed by atoms with Crippen LogP contribution in [0.1, 0.15) is 28.5 Å². The third-order valence-corrected chi connectivity index (χ3v) is 6.77. The van der Waals surface area contributed by atoms with Crippen molar-refractivity contribution in [1.29, 1.82) is 0 Å². The molecule has 0 atom stereocenters. The molecule has 6 nitrogen and oxygen atoms in total. The molecule has 0 spiro atoms. The van der Waals surface area contributed by atoms with Crippen molar-refractivity contribution in [3.63, 3.8) is 0 Å². The zero-order chi connectivity index (χ0) is 21.9. The molecule has 2 N–H and O–H groups in total. The summed E-state index contributed by atoms with van der Waals surface area (Å²) in [6.07, 6.45) is 0.716. The maximum Gasteiger partial charge on any atom is 0.336 e. The number of nitrogens with one attached hydrogen (secondary N) is 1. The first-order valence-electron chi connectivity index (χ1n) is 8.97. The van der Waals surface area contributed by atoms with Gasteiger partial charge in [-0.1, -0.05) is 13.0 Å². The molecule has 1 aromatic heterocycles.